The van der Waals surface area contributed by atoms with Gasteiger partial charge in [0.25, 0.3) is 5.91 Å². The Hall–Kier alpha value is -6.77. The molecule has 1 unspecified atom stereocenters. The van der Waals surface area contributed by atoms with Crippen molar-refractivity contribution in [1.82, 2.24) is 29.7 Å². The summed E-state index contributed by atoms with van der Waals surface area (Å²) in [4.78, 5) is 66.7. The van der Waals surface area contributed by atoms with Crippen molar-refractivity contribution in [2.45, 2.75) is 49.0 Å². The number of para-hydroxylation sites is 1. The molecule has 2 aromatic heterocycles. The molecule has 4 amide bonds. The molecule has 0 saturated carbocycles. The number of carbonyl (C=O) groups is 4. The standard InChI is InChI=1S/C49H50N8O5S/c1-6-46(58)52-39-24-33(25-45-50-21-20-38(51-45)36-28-56(4)40-12-8-7-10-34(36)40)43(62-5)26-42(39)55(3)23-22-54(2)27-31-14-16-32(17-15-31)30-63-44-13-9-11-35-37(44)29-57(49(35)61)41-18-19-47(59)53-48(41)60/h6-17,20-21,24,26,28,41H,1,18-19,22-23,25,27,29-30H2,2-5H3,(H,52,58)(H,53,59,60). The molecule has 4 aromatic carbocycles. The highest BCUT2D eigenvalue weighted by molar-refractivity contribution is 7.98. The number of thioether (sulfide) groups is 1. The average Bonchev–Trinajstić information content (AvgIpc) is 3.81. The number of anilines is 2. The maximum Gasteiger partial charge on any atom is 0.255 e. The number of nitrogens with zero attached hydrogens (tertiary/aromatic N) is 6. The minimum atomic E-state index is -0.637. The van der Waals surface area contributed by atoms with Crippen molar-refractivity contribution in [2.75, 3.05) is 44.5 Å². The molecule has 2 N–H and O–H groups in total. The number of likely N-dealkylation sites (N-methyl/N-ethyl adjacent to an activating group) is 2. The SMILES string of the molecule is C=CC(=O)Nc1cc(Cc2nccc(-c3cn(C)c4ccccc34)n2)c(OC)cc1N(C)CCN(C)Cc1ccc(CSc2cccc3c2CN(C2CCC(=O)NC2=O)C3=O)cc1. The number of amides is 4. The highest BCUT2D eigenvalue weighted by Crippen LogP contribution is 2.37. The number of ether oxygens (including phenoxy) is 1. The van der Waals surface area contributed by atoms with Gasteiger partial charge in [0.1, 0.15) is 17.6 Å². The minimum Gasteiger partial charge on any atom is -0.496 e. The molecule has 322 valence electrons. The van der Waals surface area contributed by atoms with Crippen LogP contribution >= 0.6 is 11.8 Å². The smallest absolute Gasteiger partial charge is 0.255 e. The van der Waals surface area contributed by atoms with Crippen molar-refractivity contribution in [3.8, 4) is 17.0 Å². The second-order valence-electron chi connectivity index (χ2n) is 16.0. The quantitative estimate of drug-likeness (QED) is 0.0595. The number of hydrogen-bond acceptors (Lipinski definition) is 10. The zero-order valence-corrected chi connectivity index (χ0v) is 36.7. The summed E-state index contributed by atoms with van der Waals surface area (Å²) in [6.07, 6.45) is 6.09. The fourth-order valence-corrected chi connectivity index (χ4v) is 9.36. The number of aromatic nitrogens is 3. The van der Waals surface area contributed by atoms with E-state index in [0.29, 0.717) is 48.8 Å². The molecule has 0 spiro atoms. The number of nitrogens with one attached hydrogen (secondary N) is 2. The van der Waals surface area contributed by atoms with E-state index in [0.717, 1.165) is 68.3 Å². The largest absolute Gasteiger partial charge is 0.496 e. The number of carbonyl (C=O) groups excluding carboxylic acids is 4. The van der Waals surface area contributed by atoms with Gasteiger partial charge in [-0.2, -0.15) is 0 Å². The maximum absolute atomic E-state index is 13.3. The van der Waals surface area contributed by atoms with Gasteiger partial charge in [-0.25, -0.2) is 9.97 Å². The Labute approximate surface area is 371 Å². The Morgan fingerprint density at radius 3 is 2.57 bits per heavy atom. The first-order chi connectivity index (χ1) is 30.5. The number of benzene rings is 4. The molecule has 4 heterocycles. The zero-order chi connectivity index (χ0) is 44.2. The fraction of sp³-hybridized carbons (Fsp3) is 0.265. The zero-order valence-electron chi connectivity index (χ0n) is 35.9. The van der Waals surface area contributed by atoms with Crippen LogP contribution in [0.15, 0.2) is 115 Å². The second-order valence-corrected chi connectivity index (χ2v) is 17.0. The second kappa shape index (κ2) is 18.7. The van der Waals surface area contributed by atoms with E-state index >= 15 is 0 Å². The molecular weight excluding hydrogens is 813 g/mol. The highest BCUT2D eigenvalue weighted by Gasteiger charge is 2.39. The lowest BCUT2D eigenvalue weighted by molar-refractivity contribution is -0.137. The molecule has 0 bridgehead atoms. The minimum absolute atomic E-state index is 0.166. The lowest BCUT2D eigenvalue weighted by atomic mass is 10.0. The van der Waals surface area contributed by atoms with Crippen LogP contribution in [0.5, 0.6) is 5.75 Å². The Kier molecular flexibility index (Phi) is 12.7. The van der Waals surface area contributed by atoms with Crippen LogP contribution in [0.4, 0.5) is 11.4 Å². The van der Waals surface area contributed by atoms with E-state index in [1.54, 1.807) is 30.0 Å². The van der Waals surface area contributed by atoms with Crippen LogP contribution in [0.2, 0.25) is 0 Å². The molecule has 1 atom stereocenters. The molecule has 6 aromatic rings. The molecular formula is C49H50N8O5S. The summed E-state index contributed by atoms with van der Waals surface area (Å²) in [5, 5.41) is 6.50. The number of rotatable bonds is 16. The number of piperidine rings is 1. The Balaban J connectivity index is 0.890. The van der Waals surface area contributed by atoms with E-state index in [1.165, 1.54) is 11.6 Å². The van der Waals surface area contributed by atoms with E-state index in [1.807, 2.05) is 62.6 Å². The van der Waals surface area contributed by atoms with Gasteiger partial charge in [-0.1, -0.05) is 55.1 Å². The molecule has 0 radical (unpaired) electrons. The number of methoxy groups -OCH3 is 1. The summed E-state index contributed by atoms with van der Waals surface area (Å²) in [5.74, 6) is 0.840. The van der Waals surface area contributed by atoms with E-state index in [-0.39, 0.29) is 24.1 Å². The predicted octanol–water partition coefficient (Wildman–Crippen LogP) is 6.98. The molecule has 0 aliphatic carbocycles. The summed E-state index contributed by atoms with van der Waals surface area (Å²) in [5.41, 5.74) is 9.16. The van der Waals surface area contributed by atoms with Crippen LogP contribution in [0.25, 0.3) is 22.2 Å². The van der Waals surface area contributed by atoms with E-state index in [4.69, 9.17) is 9.72 Å². The number of aryl methyl sites for hydroxylation is 1. The van der Waals surface area contributed by atoms with Gasteiger partial charge in [0.2, 0.25) is 17.7 Å². The molecule has 63 heavy (non-hydrogen) atoms. The van der Waals surface area contributed by atoms with E-state index < -0.39 is 11.9 Å². The summed E-state index contributed by atoms with van der Waals surface area (Å²) in [7, 11) is 7.76. The van der Waals surface area contributed by atoms with Crippen LogP contribution in [-0.2, 0) is 46.7 Å². The van der Waals surface area contributed by atoms with Gasteiger partial charge < -0.3 is 29.3 Å². The lowest BCUT2D eigenvalue weighted by Crippen LogP contribution is -2.52. The summed E-state index contributed by atoms with van der Waals surface area (Å²) in [6.45, 7) is 6.18. The molecule has 1 saturated heterocycles. The van der Waals surface area contributed by atoms with Crippen molar-refractivity contribution in [2.24, 2.45) is 7.05 Å². The summed E-state index contributed by atoms with van der Waals surface area (Å²) >= 11 is 1.67. The summed E-state index contributed by atoms with van der Waals surface area (Å²) in [6, 6.07) is 27.7. The Morgan fingerprint density at radius 2 is 1.79 bits per heavy atom. The van der Waals surface area contributed by atoms with Gasteiger partial charge in [-0.05, 0) is 66.6 Å². The summed E-state index contributed by atoms with van der Waals surface area (Å²) < 4.78 is 8.02. The van der Waals surface area contributed by atoms with Gasteiger partial charge >= 0.3 is 0 Å². The van der Waals surface area contributed by atoms with Crippen molar-refractivity contribution >= 4 is 57.7 Å². The van der Waals surface area contributed by atoms with Gasteiger partial charge in [0.05, 0.1) is 24.2 Å². The van der Waals surface area contributed by atoms with Crippen molar-refractivity contribution in [3.63, 3.8) is 0 Å². The number of imide groups is 1. The molecule has 13 nitrogen and oxygen atoms in total. The van der Waals surface area contributed by atoms with E-state index in [9.17, 15) is 19.2 Å². The first-order valence-electron chi connectivity index (χ1n) is 20.9. The number of hydrogen-bond donors (Lipinski definition) is 2. The number of fused-ring (bicyclic) bond motifs is 2. The van der Waals surface area contributed by atoms with Crippen LogP contribution in [0.3, 0.4) is 0 Å². The molecule has 2 aliphatic rings. The van der Waals surface area contributed by atoms with Gasteiger partial charge in [-0.3, -0.25) is 24.5 Å². The fourth-order valence-electron chi connectivity index (χ4n) is 8.32. The van der Waals surface area contributed by atoms with Gasteiger partial charge in [-0.15, -0.1) is 11.8 Å². The normalized spacial score (nSPS) is 14.8. The Bertz CT molecular complexity index is 2730. The van der Waals surface area contributed by atoms with Crippen LogP contribution in [-0.4, -0.2) is 88.3 Å². The predicted molar refractivity (Wildman–Crippen MR) is 247 cm³/mol. The first kappa shape index (κ1) is 42.9. The average molecular weight is 863 g/mol. The van der Waals surface area contributed by atoms with Crippen molar-refractivity contribution in [1.29, 1.82) is 0 Å². The maximum atomic E-state index is 13.3. The third-order valence-corrected chi connectivity index (χ3v) is 12.9. The van der Waals surface area contributed by atoms with Gasteiger partial charge in [0, 0.05) is 110 Å². The molecule has 14 heteroatoms. The third-order valence-electron chi connectivity index (χ3n) is 11.7. The molecule has 1 fully saturated rings. The van der Waals surface area contributed by atoms with Crippen LogP contribution in [0, 0.1) is 0 Å². The third kappa shape index (κ3) is 9.37. The van der Waals surface area contributed by atoms with Crippen LogP contribution < -0.4 is 20.3 Å². The monoisotopic (exact) mass is 862 g/mol. The molecule has 2 aliphatic heterocycles. The van der Waals surface area contributed by atoms with Crippen molar-refractivity contribution in [3.05, 3.63) is 144 Å². The Morgan fingerprint density at radius 1 is 1.00 bits per heavy atom. The first-order valence-corrected chi connectivity index (χ1v) is 21.9. The lowest BCUT2D eigenvalue weighted by Gasteiger charge is -2.29. The topological polar surface area (TPSA) is 142 Å². The van der Waals surface area contributed by atoms with Crippen molar-refractivity contribution < 1.29 is 23.9 Å². The van der Waals surface area contributed by atoms with Gasteiger partial charge in [0.15, 0.2) is 0 Å². The van der Waals surface area contributed by atoms with Crippen LogP contribution in [0.1, 0.15) is 51.3 Å². The highest BCUT2D eigenvalue weighted by atomic mass is 32.2. The van der Waals surface area contributed by atoms with E-state index in [2.05, 4.69) is 86.2 Å². The molecule has 8 rings (SSSR count).